The monoisotopic (exact) mass is 168 g/mol. The smallest absolute Gasteiger partial charge is 0 e. The molecular weight excluding hydrogens is 168 g/mol. The van der Waals surface area contributed by atoms with Crippen molar-refractivity contribution >= 4 is 154 Å². The van der Waals surface area contributed by atoms with Gasteiger partial charge < -0.3 is 0 Å². The molecule has 0 aromatic rings. The standard InChI is InChI=1S/3K.V. The average Bonchev–Trinajstić information content (AvgIpc) is 0. The summed E-state index contributed by atoms with van der Waals surface area (Å²) in [4.78, 5) is 0. The van der Waals surface area contributed by atoms with E-state index < -0.39 is 0 Å². The Hall–Kier alpha value is 5.49. The average molecular weight is 168 g/mol. The third-order valence-electron chi connectivity index (χ3n) is 0. The molecule has 4 radical (unpaired) electrons. The Labute approximate surface area is 166 Å². The van der Waals surface area contributed by atoms with Gasteiger partial charge in [0.2, 0.25) is 0 Å². The summed E-state index contributed by atoms with van der Waals surface area (Å²) in [6.45, 7) is 0. The summed E-state index contributed by atoms with van der Waals surface area (Å²) in [5, 5.41) is 0. The summed E-state index contributed by atoms with van der Waals surface area (Å²) in [6, 6.07) is 0. The van der Waals surface area contributed by atoms with Crippen molar-refractivity contribution in [3.8, 4) is 0 Å². The number of hydrogen-bond acceptors (Lipinski definition) is 0. The number of hydrogen-bond donors (Lipinski definition) is 0. The summed E-state index contributed by atoms with van der Waals surface area (Å²) in [5.41, 5.74) is 0. The van der Waals surface area contributed by atoms with Crippen LogP contribution in [0.5, 0.6) is 0 Å². The van der Waals surface area contributed by atoms with E-state index in [1.54, 1.807) is 0 Å². The van der Waals surface area contributed by atoms with Gasteiger partial charge in [0.1, 0.15) is 0 Å². The van der Waals surface area contributed by atoms with E-state index in [2.05, 4.69) is 0 Å². The van der Waals surface area contributed by atoms with Crippen LogP contribution in [0.1, 0.15) is 0 Å². The molecular formula is K3V. The molecule has 4 heavy (non-hydrogen) atoms. The fourth-order valence-corrected chi connectivity index (χ4v) is 0. The van der Waals surface area contributed by atoms with Gasteiger partial charge in [-0.2, -0.15) is 0 Å². The van der Waals surface area contributed by atoms with Crippen LogP contribution in [-0.2, 0) is 18.6 Å². The van der Waals surface area contributed by atoms with E-state index in [-0.39, 0.29) is 173 Å². The summed E-state index contributed by atoms with van der Waals surface area (Å²) in [5.74, 6) is 0. The zero-order valence-corrected chi connectivity index (χ0v) is 14.2. The Morgan fingerprint density at radius 2 is 0.500 bits per heavy atom. The second-order valence-electron chi connectivity index (χ2n) is 0. The molecule has 0 bridgehead atoms. The van der Waals surface area contributed by atoms with E-state index in [1.807, 2.05) is 0 Å². The summed E-state index contributed by atoms with van der Waals surface area (Å²) in [7, 11) is 0. The van der Waals surface area contributed by atoms with Crippen molar-refractivity contribution in [3.05, 3.63) is 0 Å². The summed E-state index contributed by atoms with van der Waals surface area (Å²) in [6.07, 6.45) is 0. The minimum atomic E-state index is 0. The van der Waals surface area contributed by atoms with Gasteiger partial charge >= 0.3 is 0 Å². The maximum absolute atomic E-state index is 0. The SMILES string of the molecule is [K].[K].[K].[V]. The van der Waals surface area contributed by atoms with Crippen LogP contribution in [0.25, 0.3) is 0 Å². The Morgan fingerprint density at radius 1 is 0.500 bits per heavy atom. The van der Waals surface area contributed by atoms with Crippen molar-refractivity contribution in [2.45, 2.75) is 0 Å². The molecule has 0 unspecified atom stereocenters. The van der Waals surface area contributed by atoms with Gasteiger partial charge in [-0.3, -0.25) is 0 Å². The quantitative estimate of drug-likeness (QED) is 0.401. The Balaban J connectivity index is 0. The van der Waals surface area contributed by atoms with Gasteiger partial charge in [-0.15, -0.1) is 0 Å². The minimum absolute atomic E-state index is 0. The van der Waals surface area contributed by atoms with E-state index in [0.717, 1.165) is 0 Å². The third kappa shape index (κ3) is 10.5. The molecule has 0 N–H and O–H groups in total. The van der Waals surface area contributed by atoms with E-state index in [4.69, 9.17) is 0 Å². The van der Waals surface area contributed by atoms with E-state index in [9.17, 15) is 0 Å². The molecule has 0 amide bonds. The van der Waals surface area contributed by atoms with Crippen LogP contribution >= 0.6 is 0 Å². The van der Waals surface area contributed by atoms with Crippen molar-refractivity contribution in [3.63, 3.8) is 0 Å². The largest absolute Gasteiger partial charge is 0 e. The molecule has 8 valence electrons. The van der Waals surface area contributed by atoms with Crippen molar-refractivity contribution in [2.24, 2.45) is 0 Å². The van der Waals surface area contributed by atoms with Crippen LogP contribution in [-0.4, -0.2) is 154 Å². The second-order valence-corrected chi connectivity index (χ2v) is 0. The first-order valence-corrected chi connectivity index (χ1v) is 0. The summed E-state index contributed by atoms with van der Waals surface area (Å²) < 4.78 is 0. The molecule has 0 heterocycles. The predicted octanol–water partition coefficient (Wildman–Crippen LogP) is -1.14. The molecule has 0 saturated carbocycles. The first-order chi connectivity index (χ1) is 0. The van der Waals surface area contributed by atoms with Crippen molar-refractivity contribution < 1.29 is 18.6 Å². The van der Waals surface area contributed by atoms with E-state index in [0.29, 0.717) is 0 Å². The van der Waals surface area contributed by atoms with Crippen LogP contribution in [0.3, 0.4) is 0 Å². The molecule has 0 saturated heterocycles. The molecule has 0 aromatic heterocycles. The molecule has 0 aliphatic heterocycles. The molecule has 0 aliphatic rings. The molecule has 0 spiro atoms. The second kappa shape index (κ2) is 15.8. The predicted molar refractivity (Wildman–Crippen MR) is 17.3 cm³/mol. The molecule has 0 rings (SSSR count). The van der Waals surface area contributed by atoms with Crippen LogP contribution in [0, 0.1) is 0 Å². The minimum Gasteiger partial charge on any atom is 0 e. The first-order valence-electron chi connectivity index (χ1n) is 0. The molecule has 4 heteroatoms. The van der Waals surface area contributed by atoms with Crippen molar-refractivity contribution in [1.82, 2.24) is 0 Å². The van der Waals surface area contributed by atoms with E-state index in [1.165, 1.54) is 0 Å². The Kier molecular flexibility index (Phi) is 89.7. The van der Waals surface area contributed by atoms with Gasteiger partial charge in [0.15, 0.2) is 0 Å². The van der Waals surface area contributed by atoms with Gasteiger partial charge in [0, 0.05) is 173 Å². The zero-order valence-electron chi connectivity index (χ0n) is 3.45. The van der Waals surface area contributed by atoms with Crippen molar-refractivity contribution in [1.29, 1.82) is 0 Å². The van der Waals surface area contributed by atoms with Crippen LogP contribution < -0.4 is 0 Å². The van der Waals surface area contributed by atoms with Gasteiger partial charge in [-0.05, 0) is 0 Å². The van der Waals surface area contributed by atoms with Crippen molar-refractivity contribution in [2.75, 3.05) is 0 Å². The normalized spacial score (nSPS) is 0. The molecule has 0 aliphatic carbocycles. The summed E-state index contributed by atoms with van der Waals surface area (Å²) >= 11 is 0. The van der Waals surface area contributed by atoms with Crippen LogP contribution in [0.4, 0.5) is 0 Å². The van der Waals surface area contributed by atoms with Gasteiger partial charge in [0.25, 0.3) is 0 Å². The van der Waals surface area contributed by atoms with Gasteiger partial charge in [-0.1, -0.05) is 0 Å². The molecule has 0 fully saturated rings. The van der Waals surface area contributed by atoms with Crippen LogP contribution in [0.2, 0.25) is 0 Å². The number of rotatable bonds is 0. The van der Waals surface area contributed by atoms with E-state index >= 15 is 0 Å². The zero-order chi connectivity index (χ0) is 0. The van der Waals surface area contributed by atoms with Gasteiger partial charge in [0.05, 0.1) is 0 Å². The first kappa shape index (κ1) is 22.7. The molecule has 0 aromatic carbocycles. The van der Waals surface area contributed by atoms with Gasteiger partial charge in [-0.25, -0.2) is 0 Å². The Bertz CT molecular complexity index is 3.25. The fourth-order valence-electron chi connectivity index (χ4n) is 0. The third-order valence-corrected chi connectivity index (χ3v) is 0. The fraction of sp³-hybridized carbons (Fsp3) is 0. The maximum atomic E-state index is 0. The maximum Gasteiger partial charge on any atom is 0 e. The Morgan fingerprint density at radius 3 is 0.500 bits per heavy atom. The van der Waals surface area contributed by atoms with Crippen LogP contribution in [0.15, 0.2) is 0 Å². The molecule has 0 atom stereocenters. The topological polar surface area (TPSA) is 0 Å². The molecule has 0 nitrogen and oxygen atoms in total.